The fraction of sp³-hybridized carbons (Fsp3) is 0.556. The molecule has 1 unspecified atom stereocenters. The number of furan rings is 1. The van der Waals surface area contributed by atoms with Gasteiger partial charge in [0.2, 0.25) is 0 Å². The molecule has 3 rings (SSSR count). The number of hydrogen-bond donors (Lipinski definition) is 1. The van der Waals surface area contributed by atoms with Crippen molar-refractivity contribution in [3.8, 4) is 0 Å². The summed E-state index contributed by atoms with van der Waals surface area (Å²) >= 11 is 0. The van der Waals surface area contributed by atoms with Crippen molar-refractivity contribution in [2.24, 2.45) is 11.8 Å². The van der Waals surface area contributed by atoms with Gasteiger partial charge in [-0.05, 0) is 49.9 Å². The zero-order chi connectivity index (χ0) is 14.8. The molecule has 0 amide bonds. The molecular weight excluding hydrogens is 262 g/mol. The van der Waals surface area contributed by atoms with Gasteiger partial charge in [0.05, 0.1) is 0 Å². The molecular formula is C18H25NO2. The van der Waals surface area contributed by atoms with Crippen LogP contribution in [-0.2, 0) is 0 Å². The normalized spacial score (nSPS) is 19.4. The first-order valence-electron chi connectivity index (χ1n) is 8.02. The van der Waals surface area contributed by atoms with E-state index in [0.717, 1.165) is 35.9 Å². The summed E-state index contributed by atoms with van der Waals surface area (Å²) in [7, 11) is 0. The van der Waals surface area contributed by atoms with E-state index in [4.69, 9.17) is 4.42 Å². The highest BCUT2D eigenvalue weighted by atomic mass is 16.4. The van der Waals surface area contributed by atoms with Crippen molar-refractivity contribution in [1.82, 2.24) is 4.90 Å². The van der Waals surface area contributed by atoms with Crippen molar-refractivity contribution in [2.75, 3.05) is 19.6 Å². The predicted octanol–water partition coefficient (Wildman–Crippen LogP) is 3.83. The Morgan fingerprint density at radius 3 is 2.62 bits per heavy atom. The van der Waals surface area contributed by atoms with Gasteiger partial charge in [0.1, 0.15) is 17.4 Å². The van der Waals surface area contributed by atoms with Gasteiger partial charge in [-0.3, -0.25) is 0 Å². The van der Waals surface area contributed by atoms with Crippen LogP contribution in [0.15, 0.2) is 34.7 Å². The Balaban J connectivity index is 1.60. The number of nitrogens with zero attached hydrogens (tertiary/aromatic N) is 1. The molecule has 0 saturated carbocycles. The summed E-state index contributed by atoms with van der Waals surface area (Å²) < 4.78 is 5.75. The molecule has 1 fully saturated rings. The van der Waals surface area contributed by atoms with Gasteiger partial charge < -0.3 is 14.4 Å². The third-order valence-corrected chi connectivity index (χ3v) is 4.78. The number of β-amino-alcohol motifs (C(OH)–C–C–N with tert-alkyl or cyclic N) is 1. The summed E-state index contributed by atoms with van der Waals surface area (Å²) in [6.45, 7) is 7.46. The number of rotatable bonds is 4. The Hall–Kier alpha value is -1.32. The van der Waals surface area contributed by atoms with Crippen LogP contribution < -0.4 is 0 Å². The number of benzene rings is 1. The van der Waals surface area contributed by atoms with Gasteiger partial charge in [0, 0.05) is 11.9 Å². The van der Waals surface area contributed by atoms with E-state index >= 15 is 0 Å². The van der Waals surface area contributed by atoms with Crippen LogP contribution in [0.3, 0.4) is 0 Å². The first-order valence-corrected chi connectivity index (χ1v) is 8.02. The maximum absolute atomic E-state index is 10.4. The number of hydrogen-bond acceptors (Lipinski definition) is 3. The van der Waals surface area contributed by atoms with Crippen LogP contribution in [0.4, 0.5) is 0 Å². The summed E-state index contributed by atoms with van der Waals surface area (Å²) in [4.78, 5) is 2.36. The largest absolute Gasteiger partial charge is 0.458 e. The van der Waals surface area contributed by atoms with E-state index in [0.29, 0.717) is 12.3 Å². The lowest BCUT2D eigenvalue weighted by atomic mass is 9.86. The summed E-state index contributed by atoms with van der Waals surface area (Å²) in [5, 5.41) is 11.5. The van der Waals surface area contributed by atoms with Crippen LogP contribution in [0.5, 0.6) is 0 Å². The maximum Gasteiger partial charge on any atom is 0.135 e. The van der Waals surface area contributed by atoms with Crippen molar-refractivity contribution >= 4 is 11.0 Å². The van der Waals surface area contributed by atoms with E-state index in [9.17, 15) is 5.11 Å². The van der Waals surface area contributed by atoms with Crippen LogP contribution in [0.2, 0.25) is 0 Å². The number of para-hydroxylation sites is 1. The molecule has 3 heteroatoms. The lowest BCUT2D eigenvalue weighted by Crippen LogP contribution is -2.37. The molecule has 114 valence electrons. The molecule has 0 radical (unpaired) electrons. The minimum atomic E-state index is -0.534. The topological polar surface area (TPSA) is 36.6 Å². The SMILES string of the molecule is CC(C)C1CCN(CC(O)c2cc3ccccc3o2)CC1. The lowest BCUT2D eigenvalue weighted by Gasteiger charge is -2.34. The molecule has 1 aliphatic heterocycles. The molecule has 0 bridgehead atoms. The third-order valence-electron chi connectivity index (χ3n) is 4.78. The van der Waals surface area contributed by atoms with Gasteiger partial charge in [-0.2, -0.15) is 0 Å². The molecule has 2 aromatic rings. The Labute approximate surface area is 126 Å². The number of likely N-dealkylation sites (tertiary alicyclic amines) is 1. The Morgan fingerprint density at radius 1 is 1.24 bits per heavy atom. The van der Waals surface area contributed by atoms with E-state index in [1.165, 1.54) is 12.8 Å². The highest BCUT2D eigenvalue weighted by Crippen LogP contribution is 2.27. The third kappa shape index (κ3) is 3.30. The zero-order valence-electron chi connectivity index (χ0n) is 13.0. The summed E-state index contributed by atoms with van der Waals surface area (Å²) in [5.41, 5.74) is 0.852. The molecule has 2 heterocycles. The van der Waals surface area contributed by atoms with Crippen molar-refractivity contribution in [3.63, 3.8) is 0 Å². The van der Waals surface area contributed by atoms with Crippen LogP contribution in [0.25, 0.3) is 11.0 Å². The Bertz CT molecular complexity index is 549. The zero-order valence-corrected chi connectivity index (χ0v) is 13.0. The quantitative estimate of drug-likeness (QED) is 0.928. The van der Waals surface area contributed by atoms with Gasteiger partial charge in [-0.15, -0.1) is 0 Å². The second-order valence-electron chi connectivity index (χ2n) is 6.58. The molecule has 0 spiro atoms. The van der Waals surface area contributed by atoms with Gasteiger partial charge in [-0.1, -0.05) is 32.0 Å². The number of aliphatic hydroxyl groups is 1. The molecule has 1 saturated heterocycles. The smallest absolute Gasteiger partial charge is 0.135 e. The van der Waals surface area contributed by atoms with Gasteiger partial charge in [0.25, 0.3) is 0 Å². The van der Waals surface area contributed by atoms with E-state index < -0.39 is 6.10 Å². The van der Waals surface area contributed by atoms with Crippen molar-refractivity contribution in [3.05, 3.63) is 36.1 Å². The molecule has 1 aromatic heterocycles. The van der Waals surface area contributed by atoms with Crippen LogP contribution in [-0.4, -0.2) is 29.6 Å². The Kier molecular flexibility index (Phi) is 4.32. The second-order valence-corrected chi connectivity index (χ2v) is 6.58. The molecule has 1 N–H and O–H groups in total. The van der Waals surface area contributed by atoms with Crippen LogP contribution >= 0.6 is 0 Å². The molecule has 1 aromatic carbocycles. The average Bonchev–Trinajstić information content (AvgIpc) is 2.92. The summed E-state index contributed by atoms with van der Waals surface area (Å²) in [5.74, 6) is 2.29. The molecule has 21 heavy (non-hydrogen) atoms. The van der Waals surface area contributed by atoms with Crippen LogP contribution in [0.1, 0.15) is 38.6 Å². The Morgan fingerprint density at radius 2 is 1.95 bits per heavy atom. The minimum Gasteiger partial charge on any atom is -0.458 e. The standard InChI is InChI=1S/C18H25NO2/c1-13(2)14-7-9-19(10-8-14)12-16(20)18-11-15-5-3-4-6-17(15)21-18/h3-6,11,13-14,16,20H,7-10,12H2,1-2H3. The number of piperidine rings is 1. The fourth-order valence-corrected chi connectivity index (χ4v) is 3.30. The van der Waals surface area contributed by atoms with Crippen LogP contribution in [0, 0.1) is 11.8 Å². The number of fused-ring (bicyclic) bond motifs is 1. The van der Waals surface area contributed by atoms with Gasteiger partial charge in [0.15, 0.2) is 0 Å². The highest BCUT2D eigenvalue weighted by molar-refractivity contribution is 5.77. The van der Waals surface area contributed by atoms with Gasteiger partial charge in [-0.25, -0.2) is 0 Å². The lowest BCUT2D eigenvalue weighted by molar-refractivity contribution is 0.0703. The van der Waals surface area contributed by atoms with Crippen molar-refractivity contribution in [1.29, 1.82) is 0 Å². The van der Waals surface area contributed by atoms with Crippen molar-refractivity contribution < 1.29 is 9.52 Å². The van der Waals surface area contributed by atoms with Gasteiger partial charge >= 0.3 is 0 Å². The first-order chi connectivity index (χ1) is 10.1. The summed E-state index contributed by atoms with van der Waals surface area (Å²) in [6, 6.07) is 9.87. The van der Waals surface area contributed by atoms with E-state index in [1.807, 2.05) is 30.3 Å². The molecule has 0 aliphatic carbocycles. The second kappa shape index (κ2) is 6.20. The van der Waals surface area contributed by atoms with E-state index in [-0.39, 0.29) is 0 Å². The van der Waals surface area contributed by atoms with E-state index in [1.54, 1.807) is 0 Å². The van der Waals surface area contributed by atoms with E-state index in [2.05, 4.69) is 18.7 Å². The van der Waals surface area contributed by atoms with Crippen molar-refractivity contribution in [2.45, 2.75) is 32.8 Å². The predicted molar refractivity (Wildman–Crippen MR) is 85.2 cm³/mol. The molecule has 1 atom stereocenters. The highest BCUT2D eigenvalue weighted by Gasteiger charge is 2.24. The molecule has 1 aliphatic rings. The summed E-state index contributed by atoms with van der Waals surface area (Å²) in [6.07, 6.45) is 1.95. The minimum absolute atomic E-state index is 0.534. The number of aliphatic hydroxyl groups excluding tert-OH is 1. The average molecular weight is 287 g/mol. The fourth-order valence-electron chi connectivity index (χ4n) is 3.30. The monoisotopic (exact) mass is 287 g/mol. The molecule has 3 nitrogen and oxygen atoms in total. The maximum atomic E-state index is 10.4. The first kappa shape index (κ1) is 14.6.